The third kappa shape index (κ3) is 6.77. The van der Waals surface area contributed by atoms with Gasteiger partial charge in [-0.1, -0.05) is 60.7 Å². The number of fused-ring (bicyclic) bond motifs is 1. The van der Waals surface area contributed by atoms with Crippen LogP contribution in [-0.4, -0.2) is 58.2 Å². The van der Waals surface area contributed by atoms with E-state index in [0.717, 1.165) is 49.2 Å². The second kappa shape index (κ2) is 12.9. The molecule has 4 aromatic rings. The number of aromatic amines is 1. The number of likely N-dealkylation sites (tertiary alicyclic amines) is 1. The number of piperidine rings is 1. The van der Waals surface area contributed by atoms with E-state index < -0.39 is 6.10 Å². The third-order valence-electron chi connectivity index (χ3n) is 7.69. The normalized spacial score (nSPS) is 15.2. The molecule has 1 amide bonds. The average molecular weight is 541 g/mol. The Morgan fingerprint density at radius 3 is 2.52 bits per heavy atom. The number of phenols is 1. The molecule has 1 saturated heterocycles. The molecule has 0 spiro atoms. The molecule has 40 heavy (non-hydrogen) atoms. The number of carbonyl (C=O) groups excluding carboxylic acids is 1. The fourth-order valence-electron chi connectivity index (χ4n) is 5.41. The molecule has 1 aliphatic rings. The molecule has 1 aromatic heterocycles. The van der Waals surface area contributed by atoms with Crippen LogP contribution in [0.25, 0.3) is 22.0 Å². The Kier molecular flexibility index (Phi) is 8.91. The van der Waals surface area contributed by atoms with E-state index in [1.54, 1.807) is 12.1 Å². The van der Waals surface area contributed by atoms with Crippen molar-refractivity contribution in [2.75, 3.05) is 26.2 Å². The summed E-state index contributed by atoms with van der Waals surface area (Å²) in [5, 5.41) is 28.1. The fourth-order valence-corrected chi connectivity index (χ4v) is 5.41. The van der Waals surface area contributed by atoms with Crippen LogP contribution in [0.15, 0.2) is 83.7 Å². The van der Waals surface area contributed by atoms with Crippen LogP contribution in [0.3, 0.4) is 0 Å². The summed E-state index contributed by atoms with van der Waals surface area (Å²) in [6.45, 7) is 3.38. The number of carbonyl (C=O) groups is 1. The van der Waals surface area contributed by atoms with Gasteiger partial charge in [0, 0.05) is 43.5 Å². The molecule has 2 heterocycles. The van der Waals surface area contributed by atoms with Gasteiger partial charge in [0.2, 0.25) is 11.5 Å². The minimum atomic E-state index is -0.775. The molecule has 8 nitrogen and oxygen atoms in total. The number of hydrogen-bond donors (Lipinski definition) is 5. The number of H-pyrrole nitrogens is 1. The van der Waals surface area contributed by atoms with E-state index >= 15 is 0 Å². The number of aliphatic hydroxyl groups is 1. The van der Waals surface area contributed by atoms with Crippen molar-refractivity contribution >= 4 is 16.8 Å². The lowest BCUT2D eigenvalue weighted by molar-refractivity contribution is -0.121. The Labute approximate surface area is 233 Å². The van der Waals surface area contributed by atoms with Crippen LogP contribution in [0, 0.1) is 0 Å². The number of aliphatic hydroxyl groups excluding tert-OH is 1. The topological polar surface area (TPSA) is 118 Å². The SMILES string of the molecule is O=C(CCN1CCC(NC[C@H](O)c2ccc(O)c3[nH]c(=O)ccc23)CC1)NCc1ccccc1-c1ccccc1. The number of nitrogens with one attached hydrogen (secondary N) is 3. The van der Waals surface area contributed by atoms with E-state index in [2.05, 4.69) is 44.8 Å². The molecule has 0 saturated carbocycles. The first-order valence-electron chi connectivity index (χ1n) is 13.9. The molecule has 0 aliphatic carbocycles. The van der Waals surface area contributed by atoms with Crippen LogP contribution in [0.1, 0.15) is 36.5 Å². The van der Waals surface area contributed by atoms with E-state index in [0.29, 0.717) is 36.0 Å². The highest BCUT2D eigenvalue weighted by Crippen LogP contribution is 2.29. The smallest absolute Gasteiger partial charge is 0.248 e. The highest BCUT2D eigenvalue weighted by atomic mass is 16.3. The summed E-state index contributed by atoms with van der Waals surface area (Å²) in [7, 11) is 0. The lowest BCUT2D eigenvalue weighted by atomic mass is 10.00. The molecule has 5 rings (SSSR count). The number of rotatable bonds is 10. The molecule has 3 aromatic carbocycles. The molecule has 1 aliphatic heterocycles. The molecular weight excluding hydrogens is 504 g/mol. The minimum absolute atomic E-state index is 0.0188. The third-order valence-corrected chi connectivity index (χ3v) is 7.69. The second-order valence-electron chi connectivity index (χ2n) is 10.4. The quantitative estimate of drug-likeness (QED) is 0.209. The Morgan fingerprint density at radius 1 is 0.975 bits per heavy atom. The summed E-state index contributed by atoms with van der Waals surface area (Å²) >= 11 is 0. The largest absolute Gasteiger partial charge is 0.506 e. The Bertz CT molecular complexity index is 1500. The van der Waals surface area contributed by atoms with Gasteiger partial charge in [-0.2, -0.15) is 0 Å². The summed E-state index contributed by atoms with van der Waals surface area (Å²) in [4.78, 5) is 29.2. The first-order chi connectivity index (χ1) is 19.5. The minimum Gasteiger partial charge on any atom is -0.506 e. The van der Waals surface area contributed by atoms with Gasteiger partial charge in [-0.05, 0) is 60.3 Å². The number of aromatic hydroxyl groups is 1. The lowest BCUT2D eigenvalue weighted by Crippen LogP contribution is -2.44. The monoisotopic (exact) mass is 540 g/mol. The van der Waals surface area contributed by atoms with Crippen LogP contribution in [0.2, 0.25) is 0 Å². The van der Waals surface area contributed by atoms with Crippen LogP contribution >= 0.6 is 0 Å². The maximum Gasteiger partial charge on any atom is 0.248 e. The van der Waals surface area contributed by atoms with Crippen molar-refractivity contribution in [3.63, 3.8) is 0 Å². The van der Waals surface area contributed by atoms with Crippen molar-refractivity contribution in [1.29, 1.82) is 0 Å². The van der Waals surface area contributed by atoms with Gasteiger partial charge in [-0.15, -0.1) is 0 Å². The summed E-state index contributed by atoms with van der Waals surface area (Å²) in [6.07, 6.45) is 1.55. The van der Waals surface area contributed by atoms with E-state index in [9.17, 15) is 19.8 Å². The molecule has 208 valence electrons. The fraction of sp³-hybridized carbons (Fsp3) is 0.312. The first-order valence-corrected chi connectivity index (χ1v) is 13.9. The van der Waals surface area contributed by atoms with E-state index in [1.807, 2.05) is 30.3 Å². The van der Waals surface area contributed by atoms with Crippen molar-refractivity contribution in [2.24, 2.45) is 0 Å². The van der Waals surface area contributed by atoms with Gasteiger partial charge < -0.3 is 30.7 Å². The van der Waals surface area contributed by atoms with Gasteiger partial charge >= 0.3 is 0 Å². The van der Waals surface area contributed by atoms with Gasteiger partial charge in [0.05, 0.1) is 11.6 Å². The summed E-state index contributed by atoms with van der Waals surface area (Å²) in [5.74, 6) is 0.0309. The molecule has 1 atom stereocenters. The standard InChI is InChI=1S/C32H36N4O4/c37-28-12-10-26(27-11-13-31(40)35-32(27)28)29(38)21-33-24-14-17-36(18-15-24)19-16-30(39)34-20-23-8-4-5-9-25(23)22-6-2-1-3-7-22/h1-13,24,29,33,37-38H,14-21H2,(H,34,39)(H,35,40)/t29-/m0/s1. The number of aromatic nitrogens is 1. The van der Waals surface area contributed by atoms with Crippen LogP contribution in [-0.2, 0) is 11.3 Å². The predicted octanol–water partition coefficient (Wildman–Crippen LogP) is 3.69. The zero-order valence-corrected chi connectivity index (χ0v) is 22.5. The summed E-state index contributed by atoms with van der Waals surface area (Å²) in [6, 6.07) is 24.9. The number of amides is 1. The van der Waals surface area contributed by atoms with Crippen molar-refractivity contribution in [3.8, 4) is 16.9 Å². The summed E-state index contributed by atoms with van der Waals surface area (Å²) < 4.78 is 0. The van der Waals surface area contributed by atoms with Crippen LogP contribution in [0.5, 0.6) is 5.75 Å². The van der Waals surface area contributed by atoms with Crippen molar-refractivity contribution in [3.05, 3.63) is 100 Å². The van der Waals surface area contributed by atoms with E-state index in [4.69, 9.17) is 0 Å². The van der Waals surface area contributed by atoms with E-state index in [-0.39, 0.29) is 23.3 Å². The highest BCUT2D eigenvalue weighted by Gasteiger charge is 2.21. The Balaban J connectivity index is 1.04. The van der Waals surface area contributed by atoms with Crippen molar-refractivity contribution in [2.45, 2.75) is 38.0 Å². The molecule has 0 unspecified atom stereocenters. The Morgan fingerprint density at radius 2 is 1.73 bits per heavy atom. The van der Waals surface area contributed by atoms with E-state index in [1.165, 1.54) is 12.1 Å². The molecule has 1 fully saturated rings. The average Bonchev–Trinajstić information content (AvgIpc) is 2.99. The number of benzene rings is 3. The second-order valence-corrected chi connectivity index (χ2v) is 10.4. The lowest BCUT2D eigenvalue weighted by Gasteiger charge is -2.32. The van der Waals surface area contributed by atoms with Gasteiger partial charge in [0.1, 0.15) is 5.75 Å². The molecular formula is C32H36N4O4. The predicted molar refractivity (Wildman–Crippen MR) is 157 cm³/mol. The molecule has 0 radical (unpaired) electrons. The number of phenolic OH excluding ortho intramolecular Hbond substituents is 1. The molecule has 0 bridgehead atoms. The first kappa shape index (κ1) is 27.6. The maximum atomic E-state index is 12.6. The van der Waals surface area contributed by atoms with Crippen LogP contribution < -0.4 is 16.2 Å². The van der Waals surface area contributed by atoms with Crippen molar-refractivity contribution in [1.82, 2.24) is 20.5 Å². The van der Waals surface area contributed by atoms with Gasteiger partial charge in [-0.25, -0.2) is 0 Å². The zero-order valence-electron chi connectivity index (χ0n) is 22.5. The molecule has 8 heteroatoms. The summed E-state index contributed by atoms with van der Waals surface area (Å²) in [5.41, 5.74) is 4.07. The Hall–Kier alpha value is -3.98. The van der Waals surface area contributed by atoms with Crippen molar-refractivity contribution < 1.29 is 15.0 Å². The maximum absolute atomic E-state index is 12.6. The van der Waals surface area contributed by atoms with Gasteiger partial charge in [0.25, 0.3) is 0 Å². The van der Waals surface area contributed by atoms with Gasteiger partial charge in [0.15, 0.2) is 0 Å². The molecule has 5 N–H and O–H groups in total. The van der Waals surface area contributed by atoms with Gasteiger partial charge in [-0.3, -0.25) is 9.59 Å². The zero-order chi connectivity index (χ0) is 27.9. The van der Waals surface area contributed by atoms with Crippen LogP contribution in [0.4, 0.5) is 0 Å². The highest BCUT2D eigenvalue weighted by molar-refractivity contribution is 5.87. The number of pyridine rings is 1. The number of hydrogen-bond acceptors (Lipinski definition) is 6. The number of nitrogens with zero attached hydrogens (tertiary/aromatic N) is 1.